The zero-order valence-corrected chi connectivity index (χ0v) is 9.82. The van der Waals surface area contributed by atoms with Crippen molar-refractivity contribution in [2.24, 2.45) is 17.6 Å². The van der Waals surface area contributed by atoms with Gasteiger partial charge in [0.25, 0.3) is 0 Å². The van der Waals surface area contributed by atoms with E-state index in [0.717, 1.165) is 12.3 Å². The third kappa shape index (κ3) is 1.69. The molecule has 3 atom stereocenters. The summed E-state index contributed by atoms with van der Waals surface area (Å²) >= 11 is 0. The van der Waals surface area contributed by atoms with E-state index in [-0.39, 0.29) is 6.10 Å². The van der Waals surface area contributed by atoms with Gasteiger partial charge in [-0.1, -0.05) is 12.2 Å². The van der Waals surface area contributed by atoms with Gasteiger partial charge in [-0.15, -0.1) is 0 Å². The first-order valence-corrected chi connectivity index (χ1v) is 6.64. The molecule has 0 radical (unpaired) electrons. The Bertz CT molecular complexity index is 332. The zero-order valence-electron chi connectivity index (χ0n) is 9.82. The number of hydrogen-bond donors (Lipinski definition) is 1. The highest BCUT2D eigenvalue weighted by molar-refractivity contribution is 5.22. The van der Waals surface area contributed by atoms with E-state index in [2.05, 4.69) is 12.2 Å². The fourth-order valence-electron chi connectivity index (χ4n) is 3.40. The molecule has 1 heterocycles. The van der Waals surface area contributed by atoms with Gasteiger partial charge in [0.2, 0.25) is 0 Å². The molecule has 2 N–H and O–H groups in total. The molecule has 3 aliphatic rings. The maximum absolute atomic E-state index is 6.13. The molecule has 2 nitrogen and oxygen atoms in total. The van der Waals surface area contributed by atoms with E-state index in [9.17, 15) is 0 Å². The first kappa shape index (κ1) is 10.4. The normalized spacial score (nSPS) is 37.7. The summed E-state index contributed by atoms with van der Waals surface area (Å²) in [4.78, 5) is 0. The fraction of sp³-hybridized carbons (Fsp3) is 0.714. The zero-order chi connectivity index (χ0) is 11.0. The van der Waals surface area contributed by atoms with Crippen LogP contribution in [0.15, 0.2) is 23.5 Å². The van der Waals surface area contributed by atoms with Crippen molar-refractivity contribution in [2.75, 3.05) is 6.54 Å². The van der Waals surface area contributed by atoms with Crippen LogP contribution in [0.1, 0.15) is 38.5 Å². The second-order valence-corrected chi connectivity index (χ2v) is 5.30. The van der Waals surface area contributed by atoms with Crippen molar-refractivity contribution in [1.82, 2.24) is 0 Å². The minimum absolute atomic E-state index is 0.281. The van der Waals surface area contributed by atoms with E-state index >= 15 is 0 Å². The van der Waals surface area contributed by atoms with Crippen molar-refractivity contribution in [3.05, 3.63) is 23.5 Å². The highest BCUT2D eigenvalue weighted by atomic mass is 16.5. The molecule has 0 aromatic rings. The SMILES string of the molecule is NCC1CCC2=C(O1)C1CCC=CC1CC2. The molecule has 0 bridgehead atoms. The number of ether oxygens (including phenoxy) is 1. The molecular formula is C14H21NO. The van der Waals surface area contributed by atoms with Gasteiger partial charge in [-0.3, -0.25) is 0 Å². The summed E-state index contributed by atoms with van der Waals surface area (Å²) in [5.41, 5.74) is 7.33. The van der Waals surface area contributed by atoms with Gasteiger partial charge < -0.3 is 10.5 Å². The third-order valence-corrected chi connectivity index (χ3v) is 4.33. The second-order valence-electron chi connectivity index (χ2n) is 5.30. The topological polar surface area (TPSA) is 35.2 Å². The van der Waals surface area contributed by atoms with Crippen molar-refractivity contribution in [3.63, 3.8) is 0 Å². The van der Waals surface area contributed by atoms with Gasteiger partial charge >= 0.3 is 0 Å². The van der Waals surface area contributed by atoms with Crippen LogP contribution in [0.5, 0.6) is 0 Å². The van der Waals surface area contributed by atoms with Crippen molar-refractivity contribution in [1.29, 1.82) is 0 Å². The molecule has 0 aromatic heterocycles. The minimum atomic E-state index is 0.281. The van der Waals surface area contributed by atoms with Crippen LogP contribution in [0.2, 0.25) is 0 Å². The van der Waals surface area contributed by atoms with Crippen LogP contribution in [0.4, 0.5) is 0 Å². The molecule has 3 rings (SSSR count). The molecule has 88 valence electrons. The number of nitrogens with two attached hydrogens (primary N) is 1. The van der Waals surface area contributed by atoms with E-state index in [1.807, 2.05) is 0 Å². The predicted octanol–water partition coefficient (Wildman–Crippen LogP) is 2.75. The van der Waals surface area contributed by atoms with Gasteiger partial charge in [-0.2, -0.15) is 0 Å². The van der Waals surface area contributed by atoms with Crippen LogP contribution in [0.25, 0.3) is 0 Å². The van der Waals surface area contributed by atoms with Gasteiger partial charge in [0.15, 0.2) is 0 Å². The molecule has 0 aromatic carbocycles. The lowest BCUT2D eigenvalue weighted by Gasteiger charge is -2.40. The number of allylic oxidation sites excluding steroid dienone is 4. The summed E-state index contributed by atoms with van der Waals surface area (Å²) in [5.74, 6) is 2.74. The van der Waals surface area contributed by atoms with Gasteiger partial charge in [0, 0.05) is 12.5 Å². The molecule has 0 spiro atoms. The smallest absolute Gasteiger partial charge is 0.111 e. The van der Waals surface area contributed by atoms with Crippen LogP contribution >= 0.6 is 0 Å². The van der Waals surface area contributed by atoms with E-state index in [1.165, 1.54) is 37.9 Å². The van der Waals surface area contributed by atoms with Crippen LogP contribution in [0.3, 0.4) is 0 Å². The Morgan fingerprint density at radius 2 is 2.12 bits per heavy atom. The monoisotopic (exact) mass is 219 g/mol. The summed E-state index contributed by atoms with van der Waals surface area (Å²) in [6.07, 6.45) is 12.5. The standard InChI is InChI=1S/C14H21NO/c15-9-12-8-7-11-6-5-10-3-1-2-4-13(10)14(11)16-12/h1,3,10,12-13H,2,4-9,15H2. The summed E-state index contributed by atoms with van der Waals surface area (Å²) < 4.78 is 6.13. The van der Waals surface area contributed by atoms with Gasteiger partial charge in [0.05, 0.1) is 5.76 Å². The summed E-state index contributed by atoms with van der Waals surface area (Å²) in [5, 5.41) is 0. The Kier molecular flexibility index (Phi) is 2.76. The molecule has 0 fully saturated rings. The molecule has 0 saturated heterocycles. The van der Waals surface area contributed by atoms with E-state index in [4.69, 9.17) is 10.5 Å². The maximum atomic E-state index is 6.13. The highest BCUT2D eigenvalue weighted by Crippen LogP contribution is 2.44. The summed E-state index contributed by atoms with van der Waals surface area (Å²) in [7, 11) is 0. The second kappa shape index (κ2) is 4.25. The molecule has 0 saturated carbocycles. The van der Waals surface area contributed by atoms with E-state index < -0.39 is 0 Å². The fourth-order valence-corrected chi connectivity index (χ4v) is 3.40. The Morgan fingerprint density at radius 1 is 1.25 bits per heavy atom. The Hall–Kier alpha value is -0.760. The van der Waals surface area contributed by atoms with E-state index in [1.54, 1.807) is 5.57 Å². The molecular weight excluding hydrogens is 198 g/mol. The van der Waals surface area contributed by atoms with Crippen molar-refractivity contribution < 1.29 is 4.74 Å². The molecule has 2 aliphatic carbocycles. The van der Waals surface area contributed by atoms with Crippen molar-refractivity contribution >= 4 is 0 Å². The van der Waals surface area contributed by atoms with Crippen molar-refractivity contribution in [3.8, 4) is 0 Å². The first-order valence-electron chi connectivity index (χ1n) is 6.64. The minimum Gasteiger partial charge on any atom is -0.493 e. The van der Waals surface area contributed by atoms with E-state index in [0.29, 0.717) is 12.5 Å². The van der Waals surface area contributed by atoms with Crippen molar-refractivity contribution in [2.45, 2.75) is 44.6 Å². The summed E-state index contributed by atoms with van der Waals surface area (Å²) in [6, 6.07) is 0. The Labute approximate surface area is 97.5 Å². The Morgan fingerprint density at radius 3 is 3.00 bits per heavy atom. The first-order chi connectivity index (χ1) is 7.88. The average Bonchev–Trinajstić information content (AvgIpc) is 2.38. The predicted molar refractivity (Wildman–Crippen MR) is 64.8 cm³/mol. The van der Waals surface area contributed by atoms with Crippen LogP contribution in [-0.4, -0.2) is 12.6 Å². The lowest BCUT2D eigenvalue weighted by Crippen LogP contribution is -2.34. The average molecular weight is 219 g/mol. The largest absolute Gasteiger partial charge is 0.493 e. The molecule has 3 unspecified atom stereocenters. The van der Waals surface area contributed by atoms with Gasteiger partial charge in [-0.05, 0) is 50.0 Å². The third-order valence-electron chi connectivity index (χ3n) is 4.33. The maximum Gasteiger partial charge on any atom is 0.111 e. The molecule has 1 aliphatic heterocycles. The molecule has 0 amide bonds. The number of fused-ring (bicyclic) bond motifs is 2. The quantitative estimate of drug-likeness (QED) is 0.688. The lowest BCUT2D eigenvalue weighted by molar-refractivity contribution is 0.0534. The lowest BCUT2D eigenvalue weighted by atomic mass is 9.72. The van der Waals surface area contributed by atoms with Gasteiger partial charge in [0.1, 0.15) is 6.10 Å². The Balaban J connectivity index is 1.85. The highest BCUT2D eigenvalue weighted by Gasteiger charge is 2.35. The van der Waals surface area contributed by atoms with Crippen LogP contribution in [0, 0.1) is 11.8 Å². The number of rotatable bonds is 1. The van der Waals surface area contributed by atoms with Gasteiger partial charge in [-0.25, -0.2) is 0 Å². The molecule has 2 heteroatoms. The summed E-state index contributed by atoms with van der Waals surface area (Å²) in [6.45, 7) is 0.671. The molecule has 16 heavy (non-hydrogen) atoms. The van der Waals surface area contributed by atoms with Crippen LogP contribution < -0.4 is 5.73 Å². The number of hydrogen-bond acceptors (Lipinski definition) is 2. The van der Waals surface area contributed by atoms with Crippen LogP contribution in [-0.2, 0) is 4.74 Å².